The predicted octanol–water partition coefficient (Wildman–Crippen LogP) is 1.25. The Kier molecular flexibility index (Phi) is 5.67. The molecule has 0 radical (unpaired) electrons. The molecule has 0 aromatic carbocycles. The quantitative estimate of drug-likeness (QED) is 0.473. The Morgan fingerprint density at radius 2 is 1.81 bits per heavy atom. The predicted molar refractivity (Wildman–Crippen MR) is 78.4 cm³/mol. The molecule has 0 saturated carbocycles. The summed E-state index contributed by atoms with van der Waals surface area (Å²) < 4.78 is 4.75. The number of nitrogens with zero attached hydrogens (tertiary/aromatic N) is 3. The van der Waals surface area contributed by atoms with E-state index in [1.165, 1.54) is 18.5 Å². The van der Waals surface area contributed by atoms with Crippen molar-refractivity contribution in [2.24, 2.45) is 11.8 Å². The van der Waals surface area contributed by atoms with Crippen LogP contribution in [0.25, 0.3) is 0 Å². The SMILES string of the molecule is COC(=O)N1CCCC(CN(N)C(=O)N2CCCCC2)C1. The van der Waals surface area contributed by atoms with Crippen LogP contribution in [0.5, 0.6) is 0 Å². The number of piperidine rings is 2. The van der Waals surface area contributed by atoms with Gasteiger partial charge in [-0.15, -0.1) is 0 Å². The Morgan fingerprint density at radius 1 is 1.14 bits per heavy atom. The Bertz CT molecular complexity index is 371. The van der Waals surface area contributed by atoms with Crippen LogP contribution in [-0.2, 0) is 4.74 Å². The van der Waals surface area contributed by atoms with Gasteiger partial charge in [0.25, 0.3) is 0 Å². The van der Waals surface area contributed by atoms with E-state index in [1.54, 1.807) is 4.90 Å². The van der Waals surface area contributed by atoms with Crippen LogP contribution in [-0.4, -0.2) is 66.8 Å². The molecule has 7 nitrogen and oxygen atoms in total. The molecule has 7 heteroatoms. The minimum atomic E-state index is -0.300. The second-order valence-electron chi connectivity index (χ2n) is 5.91. The molecule has 1 unspecified atom stereocenters. The topological polar surface area (TPSA) is 79.1 Å². The molecule has 2 heterocycles. The van der Waals surface area contributed by atoms with Gasteiger partial charge in [-0.05, 0) is 38.0 Å². The number of likely N-dealkylation sites (tertiary alicyclic amines) is 2. The van der Waals surface area contributed by atoms with Gasteiger partial charge in [-0.3, -0.25) is 5.01 Å². The first-order chi connectivity index (χ1) is 10.1. The minimum absolute atomic E-state index is 0.0927. The van der Waals surface area contributed by atoms with Crippen LogP contribution in [0.4, 0.5) is 9.59 Å². The van der Waals surface area contributed by atoms with Crippen molar-refractivity contribution in [3.8, 4) is 0 Å². The number of rotatable bonds is 2. The van der Waals surface area contributed by atoms with Crippen LogP contribution in [0.1, 0.15) is 32.1 Å². The molecular weight excluding hydrogens is 272 g/mol. The van der Waals surface area contributed by atoms with E-state index in [2.05, 4.69) is 0 Å². The Labute approximate surface area is 125 Å². The van der Waals surface area contributed by atoms with E-state index in [-0.39, 0.29) is 18.0 Å². The largest absolute Gasteiger partial charge is 0.453 e. The first kappa shape index (κ1) is 15.9. The average Bonchev–Trinajstić information content (AvgIpc) is 2.54. The normalized spacial score (nSPS) is 22.9. The zero-order valence-corrected chi connectivity index (χ0v) is 12.8. The van der Waals surface area contributed by atoms with Crippen LogP contribution in [0.3, 0.4) is 0 Å². The third-order valence-electron chi connectivity index (χ3n) is 4.28. The first-order valence-electron chi connectivity index (χ1n) is 7.76. The van der Waals surface area contributed by atoms with Crippen molar-refractivity contribution in [3.05, 3.63) is 0 Å². The van der Waals surface area contributed by atoms with E-state index in [0.29, 0.717) is 19.6 Å². The van der Waals surface area contributed by atoms with Crippen LogP contribution < -0.4 is 5.84 Å². The molecule has 1 atom stereocenters. The van der Waals surface area contributed by atoms with E-state index in [0.717, 1.165) is 38.8 Å². The minimum Gasteiger partial charge on any atom is -0.453 e. The van der Waals surface area contributed by atoms with Crippen molar-refractivity contribution in [1.82, 2.24) is 14.8 Å². The third kappa shape index (κ3) is 4.23. The molecule has 2 aliphatic rings. The number of hydrazine groups is 1. The Morgan fingerprint density at radius 3 is 2.48 bits per heavy atom. The van der Waals surface area contributed by atoms with Gasteiger partial charge in [0.15, 0.2) is 0 Å². The summed E-state index contributed by atoms with van der Waals surface area (Å²) in [6, 6.07) is -0.0927. The molecule has 2 rings (SSSR count). The highest BCUT2D eigenvalue weighted by atomic mass is 16.5. The smallest absolute Gasteiger partial charge is 0.409 e. The van der Waals surface area contributed by atoms with Crippen LogP contribution in [0, 0.1) is 5.92 Å². The lowest BCUT2D eigenvalue weighted by Crippen LogP contribution is -2.52. The monoisotopic (exact) mass is 298 g/mol. The summed E-state index contributed by atoms with van der Waals surface area (Å²) in [5.74, 6) is 6.16. The molecule has 21 heavy (non-hydrogen) atoms. The van der Waals surface area contributed by atoms with Crippen molar-refractivity contribution in [2.75, 3.05) is 39.8 Å². The molecule has 2 fully saturated rings. The van der Waals surface area contributed by atoms with E-state index in [1.807, 2.05) is 4.90 Å². The number of amides is 3. The summed E-state index contributed by atoms with van der Waals surface area (Å²) in [6.07, 6.45) is 4.90. The van der Waals surface area contributed by atoms with Crippen molar-refractivity contribution >= 4 is 12.1 Å². The molecule has 0 aromatic heterocycles. The number of hydrogen-bond donors (Lipinski definition) is 1. The second kappa shape index (κ2) is 7.49. The number of carbonyl (C=O) groups is 2. The van der Waals surface area contributed by atoms with Gasteiger partial charge in [0.1, 0.15) is 0 Å². The second-order valence-corrected chi connectivity index (χ2v) is 5.91. The van der Waals surface area contributed by atoms with Crippen LogP contribution in [0.2, 0.25) is 0 Å². The Balaban J connectivity index is 1.82. The lowest BCUT2D eigenvalue weighted by molar-refractivity contribution is 0.0897. The highest BCUT2D eigenvalue weighted by Crippen LogP contribution is 2.18. The van der Waals surface area contributed by atoms with Gasteiger partial charge < -0.3 is 14.5 Å². The lowest BCUT2D eigenvalue weighted by atomic mass is 9.98. The van der Waals surface area contributed by atoms with E-state index in [9.17, 15) is 9.59 Å². The molecule has 0 aliphatic carbocycles. The first-order valence-corrected chi connectivity index (χ1v) is 7.76. The molecular formula is C14H26N4O3. The number of carbonyl (C=O) groups excluding carboxylic acids is 2. The lowest BCUT2D eigenvalue weighted by Gasteiger charge is -2.35. The molecule has 0 aromatic rings. The molecule has 120 valence electrons. The summed E-state index contributed by atoms with van der Waals surface area (Å²) in [5.41, 5.74) is 0. The molecule has 0 spiro atoms. The number of methoxy groups -OCH3 is 1. The highest BCUT2D eigenvalue weighted by molar-refractivity contribution is 5.73. The van der Waals surface area contributed by atoms with Crippen LogP contribution in [0.15, 0.2) is 0 Å². The fraction of sp³-hybridized carbons (Fsp3) is 0.857. The molecule has 3 amide bonds. The van der Waals surface area contributed by atoms with Gasteiger partial charge in [0.05, 0.1) is 7.11 Å². The van der Waals surface area contributed by atoms with E-state index in [4.69, 9.17) is 10.6 Å². The summed E-state index contributed by atoms with van der Waals surface area (Å²) in [7, 11) is 1.39. The van der Waals surface area contributed by atoms with Gasteiger partial charge in [0, 0.05) is 32.7 Å². The summed E-state index contributed by atoms with van der Waals surface area (Å²) >= 11 is 0. The van der Waals surface area contributed by atoms with Gasteiger partial charge in [-0.2, -0.15) is 0 Å². The van der Waals surface area contributed by atoms with E-state index >= 15 is 0 Å². The van der Waals surface area contributed by atoms with Gasteiger partial charge in [-0.1, -0.05) is 0 Å². The maximum absolute atomic E-state index is 12.3. The molecule has 0 bridgehead atoms. The van der Waals surface area contributed by atoms with Crippen molar-refractivity contribution in [3.63, 3.8) is 0 Å². The molecule has 2 saturated heterocycles. The van der Waals surface area contributed by atoms with Gasteiger partial charge in [-0.25, -0.2) is 15.4 Å². The average molecular weight is 298 g/mol. The van der Waals surface area contributed by atoms with E-state index < -0.39 is 0 Å². The van der Waals surface area contributed by atoms with Gasteiger partial charge in [0.2, 0.25) is 0 Å². The van der Waals surface area contributed by atoms with Crippen molar-refractivity contribution in [2.45, 2.75) is 32.1 Å². The number of ether oxygens (including phenoxy) is 1. The molecule has 2 aliphatic heterocycles. The zero-order chi connectivity index (χ0) is 15.2. The van der Waals surface area contributed by atoms with Gasteiger partial charge >= 0.3 is 12.1 Å². The third-order valence-corrected chi connectivity index (χ3v) is 4.28. The van der Waals surface area contributed by atoms with Crippen molar-refractivity contribution in [1.29, 1.82) is 0 Å². The summed E-state index contributed by atoms with van der Waals surface area (Å²) in [6.45, 7) is 3.40. The Hall–Kier alpha value is -1.50. The zero-order valence-electron chi connectivity index (χ0n) is 12.8. The summed E-state index contributed by atoms with van der Waals surface area (Å²) in [5, 5.41) is 1.32. The maximum Gasteiger partial charge on any atom is 0.409 e. The fourth-order valence-electron chi connectivity index (χ4n) is 3.13. The standard InChI is InChI=1S/C14H26N4O3/c1-21-14(20)17-9-5-6-12(10-17)11-18(15)13(19)16-7-3-2-4-8-16/h12H,2-11,15H2,1H3. The maximum atomic E-state index is 12.3. The molecule has 2 N–H and O–H groups in total. The fourth-order valence-corrected chi connectivity index (χ4v) is 3.13. The van der Waals surface area contributed by atoms with Crippen molar-refractivity contribution < 1.29 is 14.3 Å². The van der Waals surface area contributed by atoms with Crippen LogP contribution >= 0.6 is 0 Å². The number of urea groups is 1. The summed E-state index contributed by atoms with van der Waals surface area (Å²) in [4.78, 5) is 27.3. The highest BCUT2D eigenvalue weighted by Gasteiger charge is 2.28. The number of hydrogen-bond acceptors (Lipinski definition) is 4. The number of nitrogens with two attached hydrogens (primary N) is 1.